The van der Waals surface area contributed by atoms with Gasteiger partial charge in [0.15, 0.2) is 5.75 Å². The van der Waals surface area contributed by atoms with E-state index in [1.54, 1.807) is 5.57 Å². The highest BCUT2D eigenvalue weighted by atomic mass is 16.5. The van der Waals surface area contributed by atoms with Gasteiger partial charge in [0.2, 0.25) is 0 Å². The Morgan fingerprint density at radius 3 is 2.07 bits per heavy atom. The zero-order valence-electron chi connectivity index (χ0n) is 30.7. The second-order valence-electron chi connectivity index (χ2n) is 14.9. The minimum absolute atomic E-state index is 0.0833. The highest BCUT2D eigenvalue weighted by molar-refractivity contribution is 5.78. The number of nitrogens with one attached hydrogen (secondary N) is 2. The van der Waals surface area contributed by atoms with Crippen LogP contribution in [-0.4, -0.2) is 0 Å². The minimum Gasteiger partial charge on any atom is -0.457 e. The maximum Gasteiger partial charge on any atom is 0.151 e. The Bertz CT molecular complexity index is 2300. The zero-order valence-corrected chi connectivity index (χ0v) is 30.7. The first-order chi connectivity index (χ1) is 26.7. The summed E-state index contributed by atoms with van der Waals surface area (Å²) in [6, 6.07) is 46.0. The van der Waals surface area contributed by atoms with Gasteiger partial charge in [0, 0.05) is 34.9 Å². The van der Waals surface area contributed by atoms with E-state index in [0.29, 0.717) is 0 Å². The summed E-state index contributed by atoms with van der Waals surface area (Å²) in [5.41, 5.74) is 20.8. The molecular formula is C48H45N5O. The minimum atomic E-state index is -0.0884. The van der Waals surface area contributed by atoms with Crippen LogP contribution in [0.15, 0.2) is 174 Å². The van der Waals surface area contributed by atoms with Crippen LogP contribution in [0.5, 0.6) is 5.75 Å². The van der Waals surface area contributed by atoms with Gasteiger partial charge in [-0.05, 0) is 134 Å². The Labute approximate surface area is 318 Å². The summed E-state index contributed by atoms with van der Waals surface area (Å²) in [5.74, 6) is 2.65. The molecule has 6 nitrogen and oxygen atoms in total. The molecule has 268 valence electrons. The Morgan fingerprint density at radius 2 is 1.31 bits per heavy atom. The van der Waals surface area contributed by atoms with Gasteiger partial charge >= 0.3 is 0 Å². The predicted molar refractivity (Wildman–Crippen MR) is 220 cm³/mol. The Balaban J connectivity index is 0.981. The number of hydrazine groups is 1. The van der Waals surface area contributed by atoms with Crippen LogP contribution in [0.3, 0.4) is 0 Å². The van der Waals surface area contributed by atoms with Crippen molar-refractivity contribution in [3.63, 3.8) is 0 Å². The average Bonchev–Trinajstić information content (AvgIpc) is 3.99. The number of para-hydroxylation sites is 4. The topological polar surface area (TPSA) is 43.0 Å². The van der Waals surface area contributed by atoms with Crippen molar-refractivity contribution in [1.82, 2.24) is 10.9 Å². The van der Waals surface area contributed by atoms with E-state index in [1.807, 2.05) is 6.07 Å². The quantitative estimate of drug-likeness (QED) is 0.167. The number of hydrogen-bond acceptors (Lipinski definition) is 6. The van der Waals surface area contributed by atoms with Crippen molar-refractivity contribution in [2.45, 2.75) is 57.8 Å². The standard InChI is InChI=1S/C48H45N5O/c1-33-13-5-7-17-41(33)51(42-18-8-6-16-40(42)34-23-24-34)38-29-25-35(26-30-38)47-49-50-48(53(47)37-14-3-2-4-15-37)36-27-31-39(32-28-36)52-43-19-9-11-21-45(43)54-46-22-12-10-20-44(46)52/h2-5,7-11,13-15,17-21,25-32,34,47-50H,6,12,16,22-24H2,1H3. The largest absolute Gasteiger partial charge is 0.457 e. The number of aryl methyl sites for hydroxylation is 1. The molecule has 0 spiro atoms. The molecule has 6 heteroatoms. The van der Waals surface area contributed by atoms with Crippen LogP contribution in [0.4, 0.5) is 28.4 Å². The van der Waals surface area contributed by atoms with Crippen molar-refractivity contribution in [3.05, 3.63) is 191 Å². The van der Waals surface area contributed by atoms with E-state index in [2.05, 4.69) is 178 Å². The molecule has 3 aliphatic carbocycles. The van der Waals surface area contributed by atoms with Gasteiger partial charge < -0.3 is 19.4 Å². The lowest BCUT2D eigenvalue weighted by Gasteiger charge is -2.35. The monoisotopic (exact) mass is 707 g/mol. The molecule has 1 saturated heterocycles. The fourth-order valence-corrected chi connectivity index (χ4v) is 8.60. The van der Waals surface area contributed by atoms with Crippen LogP contribution in [0.1, 0.15) is 67.5 Å². The highest BCUT2D eigenvalue weighted by Crippen LogP contribution is 2.47. The molecule has 1 saturated carbocycles. The van der Waals surface area contributed by atoms with Crippen molar-refractivity contribution >= 4 is 28.4 Å². The second-order valence-corrected chi connectivity index (χ2v) is 14.9. The maximum absolute atomic E-state index is 6.36. The lowest BCUT2D eigenvalue weighted by molar-refractivity contribution is 0.388. The first-order valence-electron chi connectivity index (χ1n) is 19.5. The predicted octanol–water partition coefficient (Wildman–Crippen LogP) is 11.6. The molecule has 5 aliphatic rings. The molecule has 0 bridgehead atoms. The van der Waals surface area contributed by atoms with E-state index in [9.17, 15) is 0 Å². The maximum atomic E-state index is 6.36. The highest BCUT2D eigenvalue weighted by Gasteiger charge is 2.36. The molecule has 5 aromatic carbocycles. The van der Waals surface area contributed by atoms with Gasteiger partial charge in [-0.2, -0.15) is 0 Å². The van der Waals surface area contributed by atoms with Crippen molar-refractivity contribution in [2.24, 2.45) is 5.92 Å². The van der Waals surface area contributed by atoms with Crippen LogP contribution < -0.4 is 30.3 Å². The number of anilines is 5. The van der Waals surface area contributed by atoms with Gasteiger partial charge in [0.05, 0.1) is 11.4 Å². The third kappa shape index (κ3) is 5.92. The van der Waals surface area contributed by atoms with E-state index in [4.69, 9.17) is 4.74 Å². The molecule has 0 aromatic heterocycles. The first kappa shape index (κ1) is 32.8. The summed E-state index contributed by atoms with van der Waals surface area (Å²) in [6.07, 6.45) is 15.8. The molecule has 10 rings (SSSR count). The lowest BCUT2D eigenvalue weighted by atomic mass is 9.96. The Morgan fingerprint density at radius 1 is 0.648 bits per heavy atom. The average molecular weight is 708 g/mol. The van der Waals surface area contributed by atoms with Gasteiger partial charge in [-0.1, -0.05) is 84.9 Å². The fourth-order valence-electron chi connectivity index (χ4n) is 8.60. The zero-order chi connectivity index (χ0) is 36.0. The normalized spacial score (nSPS) is 20.5. The van der Waals surface area contributed by atoms with Crippen LogP contribution in [0, 0.1) is 12.8 Å². The summed E-state index contributed by atoms with van der Waals surface area (Å²) >= 11 is 0. The third-order valence-electron chi connectivity index (χ3n) is 11.4. The van der Waals surface area contributed by atoms with Crippen molar-refractivity contribution in [2.75, 3.05) is 14.7 Å². The summed E-state index contributed by atoms with van der Waals surface area (Å²) in [4.78, 5) is 7.28. The molecule has 0 radical (unpaired) electrons. The first-order valence-corrected chi connectivity index (χ1v) is 19.5. The van der Waals surface area contributed by atoms with E-state index >= 15 is 0 Å². The Hall–Kier alpha value is -5.82. The van der Waals surface area contributed by atoms with E-state index in [-0.39, 0.29) is 12.3 Å². The molecule has 54 heavy (non-hydrogen) atoms. The van der Waals surface area contributed by atoms with E-state index < -0.39 is 0 Å². The molecule has 2 N–H and O–H groups in total. The number of allylic oxidation sites excluding steroid dienone is 6. The van der Waals surface area contributed by atoms with Gasteiger partial charge in [-0.3, -0.25) is 0 Å². The SMILES string of the molecule is Cc1ccccc1N(C1=C(C2CC2)CCC=C1)c1ccc(C2NNC(c3ccc(N4C5=C(CCC=C5)Oc5ccccc54)cc3)N2c2ccccc2)cc1. The Kier molecular flexibility index (Phi) is 8.42. The fraction of sp³-hybridized carbons (Fsp3) is 0.208. The van der Waals surface area contributed by atoms with Gasteiger partial charge in [0.25, 0.3) is 0 Å². The molecule has 2 heterocycles. The molecular weight excluding hydrogens is 663 g/mol. The number of nitrogens with zero attached hydrogens (tertiary/aromatic N) is 3. The summed E-state index contributed by atoms with van der Waals surface area (Å²) in [7, 11) is 0. The van der Waals surface area contributed by atoms with Crippen LogP contribution in [0.2, 0.25) is 0 Å². The number of benzene rings is 5. The summed E-state index contributed by atoms with van der Waals surface area (Å²) in [6.45, 7) is 2.22. The smallest absolute Gasteiger partial charge is 0.151 e. The summed E-state index contributed by atoms with van der Waals surface area (Å²) < 4.78 is 6.36. The second kappa shape index (κ2) is 13.9. The number of rotatable bonds is 8. The molecule has 2 fully saturated rings. The van der Waals surface area contributed by atoms with Crippen molar-refractivity contribution < 1.29 is 4.74 Å². The molecule has 2 unspecified atom stereocenters. The van der Waals surface area contributed by atoms with E-state index in [0.717, 1.165) is 65.9 Å². The van der Waals surface area contributed by atoms with Crippen LogP contribution in [0.25, 0.3) is 0 Å². The van der Waals surface area contributed by atoms with Crippen LogP contribution >= 0.6 is 0 Å². The number of fused-ring (bicyclic) bond motifs is 1. The molecule has 2 atom stereocenters. The van der Waals surface area contributed by atoms with Gasteiger partial charge in [0.1, 0.15) is 18.1 Å². The number of ether oxygens (including phenoxy) is 1. The lowest BCUT2D eigenvalue weighted by Crippen LogP contribution is -2.29. The number of hydrogen-bond donors (Lipinski definition) is 2. The van der Waals surface area contributed by atoms with E-state index in [1.165, 1.54) is 46.6 Å². The third-order valence-corrected chi connectivity index (χ3v) is 11.4. The van der Waals surface area contributed by atoms with Gasteiger partial charge in [-0.25, -0.2) is 10.9 Å². The molecule has 0 amide bonds. The van der Waals surface area contributed by atoms with Gasteiger partial charge in [-0.15, -0.1) is 0 Å². The van der Waals surface area contributed by atoms with Crippen molar-refractivity contribution in [1.29, 1.82) is 0 Å². The molecule has 2 aliphatic heterocycles. The van der Waals surface area contributed by atoms with Crippen molar-refractivity contribution in [3.8, 4) is 5.75 Å². The molecule has 5 aromatic rings. The summed E-state index contributed by atoms with van der Waals surface area (Å²) in [5, 5.41) is 0. The van der Waals surface area contributed by atoms with Crippen LogP contribution in [-0.2, 0) is 0 Å².